The fraction of sp³-hybridized carbons (Fsp3) is 0.448. The highest BCUT2D eigenvalue weighted by atomic mass is 16.6. The molecule has 1 aliphatic carbocycles. The molecule has 0 spiro atoms. The summed E-state index contributed by atoms with van der Waals surface area (Å²) in [4.78, 5) is 50.8. The van der Waals surface area contributed by atoms with Crippen molar-refractivity contribution >= 4 is 24.2 Å². The summed E-state index contributed by atoms with van der Waals surface area (Å²) in [6.07, 6.45) is -2.71. The molecule has 2 aliphatic rings. The first-order valence-corrected chi connectivity index (χ1v) is 13.2. The number of esters is 1. The van der Waals surface area contributed by atoms with Crippen molar-refractivity contribution < 1.29 is 38.1 Å². The highest BCUT2D eigenvalue weighted by molar-refractivity contribution is 5.83. The molecule has 2 unspecified atom stereocenters. The van der Waals surface area contributed by atoms with Crippen LogP contribution in [-0.2, 0) is 23.7 Å². The minimum atomic E-state index is -0.952. The van der Waals surface area contributed by atoms with Crippen LogP contribution in [0.1, 0.15) is 44.2 Å². The number of amides is 3. The zero-order valence-electron chi connectivity index (χ0n) is 23.1. The lowest BCUT2D eigenvalue weighted by Crippen LogP contribution is -2.42. The van der Waals surface area contributed by atoms with Crippen molar-refractivity contribution in [3.63, 3.8) is 0 Å². The number of nitrogens with zero attached hydrogens (tertiary/aromatic N) is 1. The van der Waals surface area contributed by atoms with Gasteiger partial charge < -0.3 is 29.6 Å². The highest BCUT2D eigenvalue weighted by Gasteiger charge is 2.43. The van der Waals surface area contributed by atoms with Crippen LogP contribution < -0.4 is 10.6 Å². The predicted molar refractivity (Wildman–Crippen MR) is 145 cm³/mol. The van der Waals surface area contributed by atoms with Gasteiger partial charge in [-0.15, -0.1) is 0 Å². The maximum absolute atomic E-state index is 13.1. The molecule has 2 N–H and O–H groups in total. The van der Waals surface area contributed by atoms with Gasteiger partial charge in [-0.05, 0) is 43.0 Å². The van der Waals surface area contributed by atoms with Crippen LogP contribution >= 0.6 is 0 Å². The molecule has 11 heteroatoms. The molecule has 1 fully saturated rings. The number of methoxy groups -OCH3 is 1. The van der Waals surface area contributed by atoms with Gasteiger partial charge in [0.1, 0.15) is 24.4 Å². The zero-order valence-corrected chi connectivity index (χ0v) is 23.1. The summed E-state index contributed by atoms with van der Waals surface area (Å²) >= 11 is 0. The number of carbonyl (C=O) groups is 4. The molecule has 0 bridgehead atoms. The number of likely N-dealkylation sites (tertiary alicyclic amines) is 1. The molecule has 1 aliphatic heterocycles. The Morgan fingerprint density at radius 2 is 1.48 bits per heavy atom. The number of hydrogen-bond donors (Lipinski definition) is 2. The van der Waals surface area contributed by atoms with Gasteiger partial charge in [0.25, 0.3) is 0 Å². The number of carbonyl (C=O) groups excluding carboxylic acids is 4. The van der Waals surface area contributed by atoms with Gasteiger partial charge in [-0.3, -0.25) is 4.90 Å². The molecule has 214 valence electrons. The molecule has 1 saturated heterocycles. The second-order valence-electron chi connectivity index (χ2n) is 10.6. The Kier molecular flexibility index (Phi) is 8.81. The second kappa shape index (κ2) is 12.3. The van der Waals surface area contributed by atoms with E-state index in [1.165, 1.54) is 12.0 Å². The van der Waals surface area contributed by atoms with Crippen molar-refractivity contribution in [2.75, 3.05) is 33.4 Å². The zero-order chi connectivity index (χ0) is 28.9. The average molecular weight is 554 g/mol. The minimum absolute atomic E-state index is 0.0278. The Morgan fingerprint density at radius 1 is 0.900 bits per heavy atom. The summed E-state index contributed by atoms with van der Waals surface area (Å²) < 4.78 is 21.1. The van der Waals surface area contributed by atoms with Crippen molar-refractivity contribution in [1.82, 2.24) is 15.5 Å². The van der Waals surface area contributed by atoms with Crippen LogP contribution in [0.25, 0.3) is 11.1 Å². The summed E-state index contributed by atoms with van der Waals surface area (Å²) in [5.74, 6) is -0.760. The van der Waals surface area contributed by atoms with Crippen molar-refractivity contribution in [2.45, 2.75) is 50.9 Å². The standard InChI is InChI=1S/C29H35N3O8/c1-29(2,3)40-27(35)31-14-13-30-26(34)39-18-15-24(25(33)37-4)32(16-18)28(36)38-17-23-21-11-7-5-9-19(21)20-10-6-8-12-22(20)23/h5-12,18,23-24H,13-17H2,1-4H3,(H,30,34)(H,31,35). The van der Waals surface area contributed by atoms with Crippen LogP contribution in [0.15, 0.2) is 48.5 Å². The second-order valence-corrected chi connectivity index (χ2v) is 10.6. The molecule has 4 rings (SSSR count). The fourth-order valence-corrected chi connectivity index (χ4v) is 4.96. The van der Waals surface area contributed by atoms with Gasteiger partial charge >= 0.3 is 24.2 Å². The predicted octanol–water partition coefficient (Wildman–Crippen LogP) is 3.80. The molecule has 0 saturated carbocycles. The molecule has 0 aromatic heterocycles. The van der Waals surface area contributed by atoms with E-state index in [2.05, 4.69) is 10.6 Å². The van der Waals surface area contributed by atoms with E-state index in [0.717, 1.165) is 22.3 Å². The summed E-state index contributed by atoms with van der Waals surface area (Å²) in [5.41, 5.74) is 3.72. The smallest absolute Gasteiger partial charge is 0.410 e. The van der Waals surface area contributed by atoms with Crippen LogP contribution in [0, 0.1) is 0 Å². The number of hydrogen-bond acceptors (Lipinski definition) is 8. The van der Waals surface area contributed by atoms with E-state index in [4.69, 9.17) is 18.9 Å². The number of ether oxygens (including phenoxy) is 4. The number of fused-ring (bicyclic) bond motifs is 3. The van der Waals surface area contributed by atoms with E-state index in [1.807, 2.05) is 48.5 Å². The normalized spacial score (nSPS) is 17.9. The summed E-state index contributed by atoms with van der Waals surface area (Å²) in [7, 11) is 1.23. The van der Waals surface area contributed by atoms with Crippen LogP contribution in [0.5, 0.6) is 0 Å². The van der Waals surface area contributed by atoms with Crippen LogP contribution in [0.2, 0.25) is 0 Å². The topological polar surface area (TPSA) is 132 Å². The summed E-state index contributed by atoms with van der Waals surface area (Å²) in [5, 5.41) is 5.06. The molecular formula is C29H35N3O8. The number of alkyl carbamates (subject to hydrolysis) is 2. The molecule has 0 radical (unpaired) electrons. The Hall–Kier alpha value is -4.28. The lowest BCUT2D eigenvalue weighted by molar-refractivity contribution is -0.145. The van der Waals surface area contributed by atoms with E-state index >= 15 is 0 Å². The Balaban J connectivity index is 1.31. The molecule has 11 nitrogen and oxygen atoms in total. The SMILES string of the molecule is COC(=O)C1CC(OC(=O)NCCNC(=O)OC(C)(C)C)CN1C(=O)OCC1c2ccccc2-c2ccccc21. The van der Waals surface area contributed by atoms with Crippen LogP contribution in [-0.4, -0.2) is 80.2 Å². The summed E-state index contributed by atoms with van der Waals surface area (Å²) in [6, 6.07) is 15.0. The van der Waals surface area contributed by atoms with Gasteiger partial charge in [-0.25, -0.2) is 19.2 Å². The monoisotopic (exact) mass is 553 g/mol. The number of nitrogens with one attached hydrogen (secondary N) is 2. The van der Waals surface area contributed by atoms with Crippen LogP contribution in [0.4, 0.5) is 14.4 Å². The Labute approximate surface area is 233 Å². The minimum Gasteiger partial charge on any atom is -0.467 e. The third kappa shape index (κ3) is 6.83. The molecule has 40 heavy (non-hydrogen) atoms. The maximum atomic E-state index is 13.1. The number of benzene rings is 2. The van der Waals surface area contributed by atoms with Gasteiger partial charge in [-0.1, -0.05) is 48.5 Å². The van der Waals surface area contributed by atoms with Gasteiger partial charge in [0, 0.05) is 25.4 Å². The molecule has 3 amide bonds. The molecule has 1 heterocycles. The van der Waals surface area contributed by atoms with E-state index in [9.17, 15) is 19.2 Å². The fourth-order valence-electron chi connectivity index (χ4n) is 4.96. The van der Waals surface area contributed by atoms with Crippen LogP contribution in [0.3, 0.4) is 0 Å². The van der Waals surface area contributed by atoms with Crippen molar-refractivity contribution in [2.24, 2.45) is 0 Å². The molecule has 2 atom stereocenters. The van der Waals surface area contributed by atoms with Crippen molar-refractivity contribution in [3.05, 3.63) is 59.7 Å². The van der Waals surface area contributed by atoms with E-state index in [1.54, 1.807) is 20.8 Å². The van der Waals surface area contributed by atoms with Crippen molar-refractivity contribution in [1.29, 1.82) is 0 Å². The lowest BCUT2D eigenvalue weighted by atomic mass is 9.98. The number of rotatable bonds is 7. The van der Waals surface area contributed by atoms with Crippen molar-refractivity contribution in [3.8, 4) is 11.1 Å². The third-order valence-corrected chi connectivity index (χ3v) is 6.64. The first-order valence-electron chi connectivity index (χ1n) is 13.2. The van der Waals surface area contributed by atoms with E-state index < -0.39 is 42.0 Å². The molecule has 2 aromatic carbocycles. The highest BCUT2D eigenvalue weighted by Crippen LogP contribution is 2.44. The van der Waals surface area contributed by atoms with Gasteiger partial charge in [-0.2, -0.15) is 0 Å². The summed E-state index contributed by atoms with van der Waals surface area (Å²) in [6.45, 7) is 5.53. The first kappa shape index (κ1) is 28.7. The third-order valence-electron chi connectivity index (χ3n) is 6.64. The quantitative estimate of drug-likeness (QED) is 0.301. The van der Waals surface area contributed by atoms with Gasteiger partial charge in [0.05, 0.1) is 13.7 Å². The largest absolute Gasteiger partial charge is 0.467 e. The molecular weight excluding hydrogens is 518 g/mol. The Morgan fingerprint density at radius 3 is 2.05 bits per heavy atom. The molecule has 2 aromatic rings. The van der Waals surface area contributed by atoms with Gasteiger partial charge in [0.2, 0.25) is 0 Å². The Bertz CT molecular complexity index is 1210. The first-order chi connectivity index (χ1) is 19.1. The maximum Gasteiger partial charge on any atom is 0.410 e. The van der Waals surface area contributed by atoms with Gasteiger partial charge in [0.15, 0.2) is 0 Å². The average Bonchev–Trinajstić information content (AvgIpc) is 3.47. The lowest BCUT2D eigenvalue weighted by Gasteiger charge is -2.23. The van der Waals surface area contributed by atoms with E-state index in [-0.39, 0.29) is 38.6 Å². The van der Waals surface area contributed by atoms with E-state index in [0.29, 0.717) is 0 Å².